The topological polar surface area (TPSA) is 50.4 Å². The number of nitrogens with one attached hydrogen (secondary N) is 2. The minimum atomic E-state index is -4.66. The predicted molar refractivity (Wildman–Crippen MR) is 81.9 cm³/mol. The van der Waals surface area contributed by atoms with E-state index in [1.807, 2.05) is 5.32 Å². The van der Waals surface area contributed by atoms with Crippen molar-refractivity contribution in [2.75, 3.05) is 10.6 Å². The lowest BCUT2D eigenvalue weighted by atomic mass is 10.1. The molecule has 0 unspecified atom stereocenters. The Balaban J connectivity index is 2.19. The number of alkyl halides is 5. The van der Waals surface area contributed by atoms with Gasteiger partial charge < -0.3 is 15.4 Å². The van der Waals surface area contributed by atoms with Gasteiger partial charge in [0, 0.05) is 0 Å². The first kappa shape index (κ1) is 18.5. The number of hydrogen-bond donors (Lipinski definition) is 2. The van der Waals surface area contributed by atoms with E-state index in [0.29, 0.717) is 5.56 Å². The molecule has 0 aliphatic rings. The van der Waals surface area contributed by atoms with Crippen LogP contribution in [-0.4, -0.2) is 12.6 Å². The van der Waals surface area contributed by atoms with Crippen molar-refractivity contribution < 1.29 is 31.5 Å². The van der Waals surface area contributed by atoms with Crippen molar-refractivity contribution in [3.63, 3.8) is 0 Å². The fourth-order valence-corrected chi connectivity index (χ4v) is 2.04. The van der Waals surface area contributed by atoms with Gasteiger partial charge in [-0.05, 0) is 36.8 Å². The maximum Gasteiger partial charge on any atom is 0.418 e. The number of ether oxygens (including phenoxy) is 1. The molecule has 0 saturated carbocycles. The SMILES string of the molecule is Cc1ccc(NC(=O)Nc2ccccc2C(F)(F)F)c(OC(F)F)c1. The molecule has 2 rings (SSSR count). The van der Waals surface area contributed by atoms with Gasteiger partial charge in [-0.2, -0.15) is 22.0 Å². The maximum atomic E-state index is 12.9. The lowest BCUT2D eigenvalue weighted by Gasteiger charge is -2.15. The fourth-order valence-electron chi connectivity index (χ4n) is 2.04. The number of carbonyl (C=O) groups is 1. The number of aryl methyl sites for hydroxylation is 1. The first-order chi connectivity index (χ1) is 11.7. The molecule has 2 aromatic rings. The molecule has 0 aromatic heterocycles. The van der Waals surface area contributed by atoms with Crippen LogP contribution in [0.25, 0.3) is 0 Å². The molecule has 2 amide bonds. The standard InChI is InChI=1S/C16H13F5N2O2/c1-9-6-7-12(13(8-9)25-14(17)18)23-15(24)22-11-5-3-2-4-10(11)16(19,20)21/h2-8,14H,1H3,(H2,22,23,24). The van der Waals surface area contributed by atoms with Crippen molar-refractivity contribution in [3.05, 3.63) is 53.6 Å². The second-order valence-corrected chi connectivity index (χ2v) is 5.00. The van der Waals surface area contributed by atoms with Crippen LogP contribution in [0.3, 0.4) is 0 Å². The van der Waals surface area contributed by atoms with Crippen molar-refractivity contribution in [1.82, 2.24) is 0 Å². The highest BCUT2D eigenvalue weighted by Crippen LogP contribution is 2.35. The molecule has 4 nitrogen and oxygen atoms in total. The molecule has 0 radical (unpaired) electrons. The zero-order valence-electron chi connectivity index (χ0n) is 12.8. The van der Waals surface area contributed by atoms with E-state index in [1.54, 1.807) is 6.92 Å². The minimum Gasteiger partial charge on any atom is -0.433 e. The van der Waals surface area contributed by atoms with E-state index < -0.39 is 30.1 Å². The van der Waals surface area contributed by atoms with Crippen LogP contribution in [0.1, 0.15) is 11.1 Å². The van der Waals surface area contributed by atoms with E-state index in [9.17, 15) is 26.7 Å². The summed E-state index contributed by atoms with van der Waals surface area (Å²) in [6, 6.07) is 7.47. The smallest absolute Gasteiger partial charge is 0.418 e. The van der Waals surface area contributed by atoms with Crippen molar-refractivity contribution >= 4 is 17.4 Å². The highest BCUT2D eigenvalue weighted by molar-refractivity contribution is 6.01. The van der Waals surface area contributed by atoms with Crippen LogP contribution < -0.4 is 15.4 Å². The number of hydrogen-bond acceptors (Lipinski definition) is 2. The van der Waals surface area contributed by atoms with Gasteiger partial charge >= 0.3 is 18.8 Å². The number of rotatable bonds is 4. The van der Waals surface area contributed by atoms with E-state index in [0.717, 1.165) is 12.1 Å². The number of carbonyl (C=O) groups excluding carboxylic acids is 1. The summed E-state index contributed by atoms with van der Waals surface area (Å²) in [6.45, 7) is -1.49. The van der Waals surface area contributed by atoms with Gasteiger partial charge in [0.1, 0.15) is 5.75 Å². The molecular weight excluding hydrogens is 347 g/mol. The van der Waals surface area contributed by atoms with Crippen LogP contribution >= 0.6 is 0 Å². The molecule has 134 valence electrons. The van der Waals surface area contributed by atoms with Crippen LogP contribution in [0, 0.1) is 6.92 Å². The molecule has 2 aromatic carbocycles. The number of amides is 2. The molecule has 0 aliphatic carbocycles. The zero-order chi connectivity index (χ0) is 18.6. The quantitative estimate of drug-likeness (QED) is 0.731. The minimum absolute atomic E-state index is 0.104. The monoisotopic (exact) mass is 360 g/mol. The number of benzene rings is 2. The zero-order valence-corrected chi connectivity index (χ0v) is 12.8. The predicted octanol–water partition coefficient (Wildman–Crippen LogP) is 5.26. The van der Waals surface area contributed by atoms with Gasteiger partial charge in [0.25, 0.3) is 0 Å². The summed E-state index contributed by atoms with van der Waals surface area (Å²) in [6.07, 6.45) is -4.66. The summed E-state index contributed by atoms with van der Waals surface area (Å²) in [5.74, 6) is -0.297. The Morgan fingerprint density at radius 1 is 1.04 bits per heavy atom. The van der Waals surface area contributed by atoms with Crippen molar-refractivity contribution in [2.45, 2.75) is 19.7 Å². The van der Waals surface area contributed by atoms with Gasteiger partial charge in [-0.15, -0.1) is 0 Å². The molecule has 0 bridgehead atoms. The van der Waals surface area contributed by atoms with Gasteiger partial charge in [0.15, 0.2) is 0 Å². The molecule has 9 heteroatoms. The summed E-state index contributed by atoms with van der Waals surface area (Å²) in [5.41, 5.74) is -0.994. The van der Waals surface area contributed by atoms with E-state index >= 15 is 0 Å². The van der Waals surface area contributed by atoms with Gasteiger partial charge in [0.2, 0.25) is 0 Å². The third-order valence-electron chi connectivity index (χ3n) is 3.08. The Bertz CT molecular complexity index is 762. The van der Waals surface area contributed by atoms with Crippen LogP contribution in [0.2, 0.25) is 0 Å². The van der Waals surface area contributed by atoms with Crippen LogP contribution in [-0.2, 0) is 6.18 Å². The average molecular weight is 360 g/mol. The summed E-state index contributed by atoms with van der Waals surface area (Å²) >= 11 is 0. The molecule has 0 saturated heterocycles. The molecule has 0 atom stereocenters. The normalized spacial score (nSPS) is 11.3. The third-order valence-corrected chi connectivity index (χ3v) is 3.08. The largest absolute Gasteiger partial charge is 0.433 e. The summed E-state index contributed by atoms with van der Waals surface area (Å²) in [5, 5.41) is 4.24. The van der Waals surface area contributed by atoms with Crippen molar-refractivity contribution in [1.29, 1.82) is 0 Å². The Hall–Kier alpha value is -2.84. The fraction of sp³-hybridized carbons (Fsp3) is 0.188. The highest BCUT2D eigenvalue weighted by atomic mass is 19.4. The van der Waals surface area contributed by atoms with Crippen LogP contribution in [0.15, 0.2) is 42.5 Å². The molecule has 0 fully saturated rings. The van der Waals surface area contributed by atoms with Gasteiger partial charge in [0.05, 0.1) is 16.9 Å². The molecule has 0 aliphatic heterocycles. The lowest BCUT2D eigenvalue weighted by Crippen LogP contribution is -2.22. The number of halogens is 5. The Morgan fingerprint density at radius 2 is 1.68 bits per heavy atom. The lowest BCUT2D eigenvalue weighted by molar-refractivity contribution is -0.136. The summed E-state index contributed by atoms with van der Waals surface area (Å²) in [7, 11) is 0. The van der Waals surface area contributed by atoms with Crippen molar-refractivity contribution in [3.8, 4) is 5.75 Å². The third kappa shape index (κ3) is 5.07. The van der Waals surface area contributed by atoms with Crippen LogP contribution in [0.5, 0.6) is 5.75 Å². The summed E-state index contributed by atoms with van der Waals surface area (Å²) in [4.78, 5) is 12.0. The van der Waals surface area contributed by atoms with E-state index in [2.05, 4.69) is 10.1 Å². The molecule has 0 spiro atoms. The van der Waals surface area contributed by atoms with E-state index in [-0.39, 0.29) is 11.4 Å². The van der Waals surface area contributed by atoms with Gasteiger partial charge in [-0.3, -0.25) is 0 Å². The maximum absolute atomic E-state index is 12.9. The Morgan fingerprint density at radius 3 is 2.32 bits per heavy atom. The second kappa shape index (κ2) is 7.37. The Labute approximate surface area is 139 Å². The molecular formula is C16H13F5N2O2. The van der Waals surface area contributed by atoms with Gasteiger partial charge in [-0.1, -0.05) is 18.2 Å². The van der Waals surface area contributed by atoms with Crippen LogP contribution in [0.4, 0.5) is 38.1 Å². The van der Waals surface area contributed by atoms with E-state index in [4.69, 9.17) is 0 Å². The average Bonchev–Trinajstić information content (AvgIpc) is 2.49. The highest BCUT2D eigenvalue weighted by Gasteiger charge is 2.33. The van der Waals surface area contributed by atoms with Gasteiger partial charge in [-0.25, -0.2) is 4.79 Å². The summed E-state index contributed by atoms with van der Waals surface area (Å²) < 4.78 is 67.9. The Kier molecular flexibility index (Phi) is 5.45. The first-order valence-electron chi connectivity index (χ1n) is 6.96. The first-order valence-corrected chi connectivity index (χ1v) is 6.96. The molecule has 25 heavy (non-hydrogen) atoms. The number of anilines is 2. The van der Waals surface area contributed by atoms with E-state index in [1.165, 1.54) is 30.3 Å². The molecule has 0 heterocycles. The number of urea groups is 1. The second-order valence-electron chi connectivity index (χ2n) is 5.00. The number of para-hydroxylation sites is 1. The van der Waals surface area contributed by atoms with Crippen molar-refractivity contribution in [2.24, 2.45) is 0 Å². The molecule has 2 N–H and O–H groups in total.